The zero-order valence-corrected chi connectivity index (χ0v) is 30.6. The van der Waals surface area contributed by atoms with Gasteiger partial charge in [-0.05, 0) is 177 Å². The Morgan fingerprint density at radius 1 is 0.593 bits per heavy atom. The maximum atomic E-state index is 7.24. The molecule has 8 fully saturated rings. The average Bonchev–Trinajstić information content (AvgIpc) is 3.65. The predicted molar refractivity (Wildman–Crippen MR) is 206 cm³/mol. The molecule has 7 heterocycles. The zero-order chi connectivity index (χ0) is 34.4. The van der Waals surface area contributed by atoms with Crippen LogP contribution in [0.3, 0.4) is 0 Å². The van der Waals surface area contributed by atoms with Crippen molar-refractivity contribution >= 4 is 22.9 Å². The summed E-state index contributed by atoms with van der Waals surface area (Å²) in [7, 11) is 0. The van der Waals surface area contributed by atoms with E-state index in [2.05, 4.69) is 92.9 Å². The number of allylic oxidation sites excluding steroid dienone is 2. The van der Waals surface area contributed by atoms with E-state index < -0.39 is 5.66 Å². The molecule has 1 spiro atoms. The Morgan fingerprint density at radius 3 is 1.96 bits per heavy atom. The van der Waals surface area contributed by atoms with Gasteiger partial charge in [0.2, 0.25) is 5.70 Å². The maximum Gasteiger partial charge on any atom is 0.381 e. The largest absolute Gasteiger partial charge is 0.455 e. The third-order valence-corrected chi connectivity index (χ3v) is 17.4. The van der Waals surface area contributed by atoms with E-state index in [4.69, 9.17) is 9.47 Å². The Kier molecular flexibility index (Phi) is 4.43. The molecule has 1 atom stereocenters. The standard InChI is InChI=1S/C49H43N3O2/c1-2-5-36-34(4-1)35-8-9-41-45-46(35)50(36)42-18-32(47-20-26-10-27(21-47)12-28(11-26)22-47)16-37-38-17-33(48-23-29-13-30(24-48)15-31(14-29)25-48)19-43-52(38)49(45,51(37)42)44-39(53-41)6-3-7-40(44)54-43/h1-9,16-19,26-31H,10-15,20-25H2/q+2. The van der Waals surface area contributed by atoms with Crippen molar-refractivity contribution in [2.24, 2.45) is 40.9 Å². The number of fused-ring (bicyclic) bond motifs is 4. The topological polar surface area (TPSA) is 28.6 Å². The molecule has 8 bridgehead atoms. The van der Waals surface area contributed by atoms with Crippen LogP contribution in [-0.4, -0.2) is 10.7 Å². The summed E-state index contributed by atoms with van der Waals surface area (Å²) in [5, 5.41) is 0. The fourth-order valence-corrected chi connectivity index (χ4v) is 16.6. The molecule has 8 saturated carbocycles. The van der Waals surface area contributed by atoms with Crippen molar-refractivity contribution in [1.29, 1.82) is 0 Å². The monoisotopic (exact) mass is 705 g/mol. The lowest BCUT2D eigenvalue weighted by Crippen LogP contribution is -2.68. The molecule has 1 unspecified atom stereocenters. The molecule has 0 radical (unpaired) electrons. The van der Waals surface area contributed by atoms with Gasteiger partial charge in [0.05, 0.1) is 6.07 Å². The second-order valence-corrected chi connectivity index (χ2v) is 20.2. The van der Waals surface area contributed by atoms with Crippen molar-refractivity contribution in [3.63, 3.8) is 0 Å². The van der Waals surface area contributed by atoms with Crippen molar-refractivity contribution in [3.05, 3.63) is 107 Å². The van der Waals surface area contributed by atoms with Gasteiger partial charge >= 0.3 is 11.5 Å². The van der Waals surface area contributed by atoms with E-state index in [0.29, 0.717) is 0 Å². The first kappa shape index (κ1) is 27.9. The van der Waals surface area contributed by atoms with Crippen LogP contribution in [0, 0.1) is 40.9 Å². The quantitative estimate of drug-likeness (QED) is 0.171. The number of hydrogen-bond acceptors (Lipinski definition) is 3. The summed E-state index contributed by atoms with van der Waals surface area (Å²) >= 11 is 0. The number of para-hydroxylation sites is 1. The Morgan fingerprint density at radius 2 is 1.24 bits per heavy atom. The summed E-state index contributed by atoms with van der Waals surface area (Å²) in [6.07, 6.45) is 22.3. The maximum absolute atomic E-state index is 7.24. The minimum atomic E-state index is -0.642. The van der Waals surface area contributed by atoms with E-state index in [1.807, 2.05) is 0 Å². The van der Waals surface area contributed by atoms with E-state index in [9.17, 15) is 0 Å². The van der Waals surface area contributed by atoms with E-state index in [1.54, 1.807) is 11.1 Å². The van der Waals surface area contributed by atoms with E-state index in [-0.39, 0.29) is 10.8 Å². The van der Waals surface area contributed by atoms with E-state index in [1.165, 1.54) is 122 Å². The summed E-state index contributed by atoms with van der Waals surface area (Å²) in [5.41, 5.74) is 13.3. The first-order valence-corrected chi connectivity index (χ1v) is 21.3. The molecule has 264 valence electrons. The summed E-state index contributed by atoms with van der Waals surface area (Å²) in [6, 6.07) is 25.4. The smallest absolute Gasteiger partial charge is 0.381 e. The van der Waals surface area contributed by atoms with Gasteiger partial charge in [-0.25, -0.2) is 0 Å². The van der Waals surface area contributed by atoms with Crippen molar-refractivity contribution in [1.82, 2.24) is 9.48 Å². The third-order valence-electron chi connectivity index (χ3n) is 17.4. The Balaban J connectivity index is 1.05. The van der Waals surface area contributed by atoms with Crippen LogP contribution in [0.5, 0.6) is 23.1 Å². The lowest BCUT2D eigenvalue weighted by molar-refractivity contribution is -0.756. The molecule has 0 N–H and O–H groups in total. The number of ether oxygens (including phenoxy) is 2. The molecule has 0 amide bonds. The van der Waals surface area contributed by atoms with Gasteiger partial charge in [-0.2, -0.15) is 4.58 Å². The van der Waals surface area contributed by atoms with Gasteiger partial charge in [0.25, 0.3) is 11.5 Å². The molecule has 14 aliphatic rings. The van der Waals surface area contributed by atoms with Crippen LogP contribution in [-0.2, 0) is 11.1 Å². The highest BCUT2D eigenvalue weighted by molar-refractivity contribution is 6.13. The SMILES string of the molecule is C1=C2c3cc(C45CC6CC(CC(C6)C4)C5)cc4[n+]3C35c6c(cccc6O4)Oc4ccc6c(c43)[N+](=C(C=C1C13CC4CC(CC(C4)C1)C3)N25)c1ccccc1-6. The Bertz CT molecular complexity index is 2590. The number of aromatic nitrogens is 1. The van der Waals surface area contributed by atoms with Crippen molar-refractivity contribution in [2.75, 3.05) is 0 Å². The number of pyridine rings is 1. The second kappa shape index (κ2) is 8.59. The summed E-state index contributed by atoms with van der Waals surface area (Å²) < 4.78 is 19.5. The van der Waals surface area contributed by atoms with E-state index >= 15 is 0 Å². The van der Waals surface area contributed by atoms with Crippen LogP contribution in [0.2, 0.25) is 0 Å². The van der Waals surface area contributed by atoms with Crippen LogP contribution >= 0.6 is 0 Å². The van der Waals surface area contributed by atoms with Gasteiger partial charge in [-0.3, -0.25) is 0 Å². The Hall–Kier alpha value is -4.64. The van der Waals surface area contributed by atoms with Gasteiger partial charge in [0, 0.05) is 23.3 Å². The summed E-state index contributed by atoms with van der Waals surface area (Å²) in [6.45, 7) is 0. The first-order chi connectivity index (χ1) is 26.6. The van der Waals surface area contributed by atoms with Crippen molar-refractivity contribution in [2.45, 2.75) is 88.1 Å². The number of amidine groups is 1. The molecular weight excluding hydrogens is 663 g/mol. The highest BCUT2D eigenvalue weighted by Gasteiger charge is 2.77. The van der Waals surface area contributed by atoms with Gasteiger partial charge in [0.15, 0.2) is 22.6 Å². The molecule has 5 nitrogen and oxygen atoms in total. The van der Waals surface area contributed by atoms with Crippen LogP contribution in [0.4, 0.5) is 11.4 Å². The molecule has 1 aromatic heterocycles. The molecule has 18 rings (SSSR count). The first-order valence-electron chi connectivity index (χ1n) is 21.3. The molecule has 54 heavy (non-hydrogen) atoms. The number of hydrogen-bond donors (Lipinski definition) is 0. The molecule has 5 heteroatoms. The summed E-state index contributed by atoms with van der Waals surface area (Å²) in [5.74, 6) is 10.4. The lowest BCUT2D eigenvalue weighted by atomic mass is 9.47. The summed E-state index contributed by atoms with van der Waals surface area (Å²) in [4.78, 5) is 2.77. The average molecular weight is 706 g/mol. The molecule has 0 saturated heterocycles. The highest BCUT2D eigenvalue weighted by Crippen LogP contribution is 2.69. The molecular formula is C49H43N3O2+2. The Labute approximate surface area is 315 Å². The van der Waals surface area contributed by atoms with Crippen LogP contribution < -0.4 is 18.6 Å². The normalized spacial score (nSPS) is 38.5. The van der Waals surface area contributed by atoms with Gasteiger partial charge in [0.1, 0.15) is 17.2 Å². The third kappa shape index (κ3) is 2.90. The van der Waals surface area contributed by atoms with Crippen LogP contribution in [0.1, 0.15) is 99.4 Å². The fourth-order valence-electron chi connectivity index (χ4n) is 16.6. The van der Waals surface area contributed by atoms with Gasteiger partial charge < -0.3 is 9.47 Å². The molecule has 3 aromatic carbocycles. The minimum absolute atomic E-state index is 0.260. The highest BCUT2D eigenvalue weighted by atomic mass is 16.5. The number of benzene rings is 3. The van der Waals surface area contributed by atoms with E-state index in [0.717, 1.165) is 64.2 Å². The van der Waals surface area contributed by atoms with Crippen LogP contribution in [0.25, 0.3) is 16.8 Å². The fraction of sp³-hybridized carbons (Fsp3) is 0.429. The second-order valence-electron chi connectivity index (χ2n) is 20.2. The minimum Gasteiger partial charge on any atom is -0.455 e. The van der Waals surface area contributed by atoms with Crippen molar-refractivity contribution in [3.8, 4) is 34.3 Å². The molecule has 4 aromatic rings. The molecule has 8 aliphatic carbocycles. The number of rotatable bonds is 2. The zero-order valence-electron chi connectivity index (χ0n) is 30.6. The molecule has 6 aliphatic heterocycles. The van der Waals surface area contributed by atoms with Crippen molar-refractivity contribution < 1.29 is 14.0 Å². The van der Waals surface area contributed by atoms with Crippen LogP contribution in [0.15, 0.2) is 84.5 Å². The van der Waals surface area contributed by atoms with Gasteiger partial charge in [-0.1, -0.05) is 18.2 Å². The number of nitrogens with zero attached hydrogens (tertiary/aromatic N) is 3. The lowest BCUT2D eigenvalue weighted by Gasteiger charge is -2.57. The predicted octanol–water partition coefficient (Wildman–Crippen LogP) is 10.4. The van der Waals surface area contributed by atoms with Gasteiger partial charge in [-0.15, -0.1) is 9.47 Å².